The first-order valence-corrected chi connectivity index (χ1v) is 10.1. The second kappa shape index (κ2) is 6.51. The number of methoxy groups -OCH3 is 1. The number of piperidine rings is 1. The zero-order valence-electron chi connectivity index (χ0n) is 13.2. The number of rotatable bonds is 5. The molecule has 0 saturated carbocycles. The van der Waals surface area contributed by atoms with Gasteiger partial charge in [-0.3, -0.25) is 4.79 Å². The third-order valence-corrected chi connectivity index (χ3v) is 8.21. The van der Waals surface area contributed by atoms with Crippen molar-refractivity contribution in [3.8, 4) is 0 Å². The number of carbonyl (C=O) groups is 1. The molecular weight excluding hydrogens is 336 g/mol. The first-order chi connectivity index (χ1) is 11.0. The van der Waals surface area contributed by atoms with E-state index < -0.39 is 10.0 Å². The first kappa shape index (κ1) is 16.9. The van der Waals surface area contributed by atoms with Crippen LogP contribution >= 0.6 is 11.3 Å². The molecule has 0 unspecified atom stereocenters. The van der Waals surface area contributed by atoms with Crippen LogP contribution in [0.4, 0.5) is 0 Å². The van der Waals surface area contributed by atoms with Crippen LogP contribution in [0.15, 0.2) is 21.7 Å². The summed E-state index contributed by atoms with van der Waals surface area (Å²) in [5.74, 6) is 0.164. The standard InChI is InChI=1S/C15H22N2O4S2/c1-21-11-10-17-13(18)4-5-15(17)6-8-16(9-7-15)23(19,20)14-3-2-12-22-14/h2-3,12H,4-11H2,1H3. The second-order valence-electron chi connectivity index (χ2n) is 6.10. The molecule has 3 heterocycles. The highest BCUT2D eigenvalue weighted by atomic mass is 32.2. The summed E-state index contributed by atoms with van der Waals surface area (Å²) in [6.07, 6.45) is 2.78. The second-order valence-corrected chi connectivity index (χ2v) is 9.21. The minimum absolute atomic E-state index is 0.164. The maximum Gasteiger partial charge on any atom is 0.252 e. The maximum absolute atomic E-state index is 12.6. The highest BCUT2D eigenvalue weighted by Gasteiger charge is 2.48. The largest absolute Gasteiger partial charge is 0.383 e. The Hall–Kier alpha value is -0.960. The minimum Gasteiger partial charge on any atom is -0.383 e. The lowest BCUT2D eigenvalue weighted by molar-refractivity contribution is -0.133. The van der Waals surface area contributed by atoms with Crippen molar-refractivity contribution in [1.29, 1.82) is 0 Å². The first-order valence-electron chi connectivity index (χ1n) is 7.83. The van der Waals surface area contributed by atoms with Crippen LogP contribution in [0, 0.1) is 0 Å². The quantitative estimate of drug-likeness (QED) is 0.801. The minimum atomic E-state index is -3.39. The zero-order valence-corrected chi connectivity index (χ0v) is 14.9. The topological polar surface area (TPSA) is 66.9 Å². The van der Waals surface area contributed by atoms with Crippen molar-refractivity contribution >= 4 is 27.3 Å². The smallest absolute Gasteiger partial charge is 0.252 e. The number of sulfonamides is 1. The average molecular weight is 358 g/mol. The molecule has 1 spiro atoms. The van der Waals surface area contributed by atoms with Gasteiger partial charge in [-0.05, 0) is 30.7 Å². The van der Waals surface area contributed by atoms with Gasteiger partial charge in [0.1, 0.15) is 4.21 Å². The molecule has 6 nitrogen and oxygen atoms in total. The van der Waals surface area contributed by atoms with E-state index >= 15 is 0 Å². The van der Waals surface area contributed by atoms with Gasteiger partial charge in [0.15, 0.2) is 0 Å². The lowest BCUT2D eigenvalue weighted by atomic mass is 9.86. The van der Waals surface area contributed by atoms with E-state index in [-0.39, 0.29) is 11.4 Å². The van der Waals surface area contributed by atoms with Gasteiger partial charge in [-0.2, -0.15) is 4.31 Å². The molecule has 128 valence electrons. The molecule has 8 heteroatoms. The third kappa shape index (κ3) is 3.05. The molecule has 1 aromatic rings. The molecule has 0 aliphatic carbocycles. The van der Waals surface area contributed by atoms with Crippen LogP contribution in [0.1, 0.15) is 25.7 Å². The fourth-order valence-electron chi connectivity index (χ4n) is 3.62. The number of amides is 1. The van der Waals surface area contributed by atoms with Crippen molar-refractivity contribution in [2.45, 2.75) is 35.4 Å². The summed E-state index contributed by atoms with van der Waals surface area (Å²) in [6, 6.07) is 3.40. The van der Waals surface area contributed by atoms with Gasteiger partial charge in [-0.15, -0.1) is 11.3 Å². The van der Waals surface area contributed by atoms with Gasteiger partial charge >= 0.3 is 0 Å². The van der Waals surface area contributed by atoms with Gasteiger partial charge in [0, 0.05) is 38.7 Å². The van der Waals surface area contributed by atoms with Crippen LogP contribution in [0.5, 0.6) is 0 Å². The predicted octanol–water partition coefficient (Wildman–Crippen LogP) is 1.54. The molecule has 2 saturated heterocycles. The van der Waals surface area contributed by atoms with E-state index in [2.05, 4.69) is 0 Å². The molecule has 23 heavy (non-hydrogen) atoms. The lowest BCUT2D eigenvalue weighted by Crippen LogP contribution is -2.54. The van der Waals surface area contributed by atoms with E-state index in [1.54, 1.807) is 28.9 Å². The Morgan fingerprint density at radius 3 is 2.65 bits per heavy atom. The molecule has 0 N–H and O–H groups in total. The van der Waals surface area contributed by atoms with E-state index in [1.165, 1.54) is 11.3 Å². The Bertz CT molecular complexity index is 649. The van der Waals surface area contributed by atoms with Gasteiger partial charge in [0.05, 0.1) is 6.61 Å². The van der Waals surface area contributed by atoms with E-state index in [0.717, 1.165) is 6.42 Å². The van der Waals surface area contributed by atoms with Crippen molar-refractivity contribution in [1.82, 2.24) is 9.21 Å². The lowest BCUT2D eigenvalue weighted by Gasteiger charge is -2.44. The molecule has 2 fully saturated rings. The van der Waals surface area contributed by atoms with E-state index in [1.807, 2.05) is 4.90 Å². The van der Waals surface area contributed by atoms with Gasteiger partial charge in [-0.1, -0.05) is 6.07 Å². The van der Waals surface area contributed by atoms with Crippen molar-refractivity contribution in [2.24, 2.45) is 0 Å². The summed E-state index contributed by atoms with van der Waals surface area (Å²) in [6.45, 7) is 2.05. The van der Waals surface area contributed by atoms with Gasteiger partial charge < -0.3 is 9.64 Å². The molecular formula is C15H22N2O4S2. The van der Waals surface area contributed by atoms with Crippen LogP contribution in [-0.2, 0) is 19.6 Å². The molecule has 3 rings (SSSR count). The summed E-state index contributed by atoms with van der Waals surface area (Å²) in [5.41, 5.74) is -0.183. The molecule has 0 aromatic carbocycles. The molecule has 1 aromatic heterocycles. The number of thiophene rings is 1. The summed E-state index contributed by atoms with van der Waals surface area (Å²) in [4.78, 5) is 14.1. The van der Waals surface area contributed by atoms with Crippen molar-refractivity contribution in [2.75, 3.05) is 33.4 Å². The van der Waals surface area contributed by atoms with E-state index in [0.29, 0.717) is 49.7 Å². The molecule has 0 atom stereocenters. The Morgan fingerprint density at radius 1 is 1.30 bits per heavy atom. The summed E-state index contributed by atoms with van der Waals surface area (Å²) in [7, 11) is -1.76. The van der Waals surface area contributed by atoms with Crippen LogP contribution in [-0.4, -0.2) is 62.4 Å². The predicted molar refractivity (Wildman–Crippen MR) is 87.9 cm³/mol. The van der Waals surface area contributed by atoms with Crippen LogP contribution in [0.3, 0.4) is 0 Å². The van der Waals surface area contributed by atoms with Crippen molar-refractivity contribution < 1.29 is 17.9 Å². The summed E-state index contributed by atoms with van der Waals surface area (Å²) >= 11 is 1.25. The number of likely N-dealkylation sites (tertiary alicyclic amines) is 1. The normalized spacial score (nSPS) is 22.1. The Balaban J connectivity index is 1.71. The van der Waals surface area contributed by atoms with E-state index in [9.17, 15) is 13.2 Å². The van der Waals surface area contributed by atoms with Crippen molar-refractivity contribution in [3.63, 3.8) is 0 Å². The zero-order chi connectivity index (χ0) is 16.5. The molecule has 2 aliphatic heterocycles. The summed E-state index contributed by atoms with van der Waals surface area (Å²) < 4.78 is 32.3. The summed E-state index contributed by atoms with van der Waals surface area (Å²) in [5, 5.41) is 1.78. The number of hydrogen-bond donors (Lipinski definition) is 0. The van der Waals surface area contributed by atoms with Crippen LogP contribution in [0.25, 0.3) is 0 Å². The highest BCUT2D eigenvalue weighted by molar-refractivity contribution is 7.91. The van der Waals surface area contributed by atoms with Crippen LogP contribution in [0.2, 0.25) is 0 Å². The molecule has 0 bridgehead atoms. The third-order valence-electron chi connectivity index (χ3n) is 4.94. The van der Waals surface area contributed by atoms with Gasteiger partial charge in [-0.25, -0.2) is 8.42 Å². The fraction of sp³-hybridized carbons (Fsp3) is 0.667. The SMILES string of the molecule is COCCN1C(=O)CCC12CCN(S(=O)(=O)c1cccs1)CC2. The highest BCUT2D eigenvalue weighted by Crippen LogP contribution is 2.40. The Kier molecular flexibility index (Phi) is 4.78. The molecule has 1 amide bonds. The number of ether oxygens (including phenoxy) is 1. The van der Waals surface area contributed by atoms with E-state index in [4.69, 9.17) is 4.74 Å². The fourth-order valence-corrected chi connectivity index (χ4v) is 6.20. The molecule has 0 radical (unpaired) electrons. The van der Waals surface area contributed by atoms with Gasteiger partial charge in [0.2, 0.25) is 5.91 Å². The number of carbonyl (C=O) groups excluding carboxylic acids is 1. The number of hydrogen-bond acceptors (Lipinski definition) is 5. The average Bonchev–Trinajstić information content (AvgIpc) is 3.17. The Labute approximate surface area is 141 Å². The van der Waals surface area contributed by atoms with Crippen LogP contribution < -0.4 is 0 Å². The number of nitrogens with zero attached hydrogens (tertiary/aromatic N) is 2. The van der Waals surface area contributed by atoms with Crippen molar-refractivity contribution in [3.05, 3.63) is 17.5 Å². The monoisotopic (exact) mass is 358 g/mol. The maximum atomic E-state index is 12.6. The van der Waals surface area contributed by atoms with Gasteiger partial charge in [0.25, 0.3) is 10.0 Å². The Morgan fingerprint density at radius 2 is 2.04 bits per heavy atom. The molecule has 2 aliphatic rings.